The van der Waals surface area contributed by atoms with Crippen molar-refractivity contribution in [2.45, 2.75) is 50.3 Å². The zero-order valence-corrected chi connectivity index (χ0v) is 13.6. The number of nitrogens with zero attached hydrogens (tertiary/aromatic N) is 1. The Balaban J connectivity index is 1.83. The number of methoxy groups -OCH3 is 1. The lowest BCUT2D eigenvalue weighted by Crippen LogP contribution is -2.41. The van der Waals surface area contributed by atoms with Gasteiger partial charge in [0.2, 0.25) is 5.91 Å². The predicted octanol–water partition coefficient (Wildman–Crippen LogP) is 3.31. The van der Waals surface area contributed by atoms with Crippen LogP contribution in [-0.2, 0) is 9.53 Å². The Bertz CT molecular complexity index is 324. The van der Waals surface area contributed by atoms with E-state index in [1.807, 2.05) is 11.9 Å². The van der Waals surface area contributed by atoms with E-state index >= 15 is 0 Å². The van der Waals surface area contributed by atoms with E-state index in [1.54, 1.807) is 7.11 Å². The first-order chi connectivity index (χ1) is 9.61. The van der Waals surface area contributed by atoms with E-state index in [-0.39, 0.29) is 17.2 Å². The minimum absolute atomic E-state index is 0.111. The molecule has 0 radical (unpaired) electrons. The number of amides is 1. The van der Waals surface area contributed by atoms with Crippen molar-refractivity contribution in [2.75, 3.05) is 27.3 Å². The van der Waals surface area contributed by atoms with Gasteiger partial charge in [0.1, 0.15) is 0 Å². The highest BCUT2D eigenvalue weighted by Crippen LogP contribution is 2.43. The molecule has 0 aromatic rings. The monoisotopic (exact) mass is 301 g/mol. The molecular weight excluding hydrogens is 274 g/mol. The van der Waals surface area contributed by atoms with Crippen LogP contribution in [0.5, 0.6) is 0 Å². The largest absolute Gasteiger partial charge is 0.383 e. The number of halogens is 1. The minimum Gasteiger partial charge on any atom is -0.383 e. The Labute approximate surface area is 128 Å². The molecule has 4 unspecified atom stereocenters. The summed E-state index contributed by atoms with van der Waals surface area (Å²) >= 11 is 6.15. The Morgan fingerprint density at radius 3 is 2.65 bits per heavy atom. The molecule has 0 saturated heterocycles. The first-order valence-electron chi connectivity index (χ1n) is 7.99. The smallest absolute Gasteiger partial charge is 0.225 e. The third kappa shape index (κ3) is 4.11. The van der Waals surface area contributed by atoms with Gasteiger partial charge in [0.25, 0.3) is 0 Å². The molecule has 2 rings (SSSR count). The molecule has 0 N–H and O–H groups in total. The maximum absolute atomic E-state index is 12.5. The highest BCUT2D eigenvalue weighted by molar-refractivity contribution is 6.21. The Hall–Kier alpha value is -0.280. The highest BCUT2D eigenvalue weighted by atomic mass is 35.5. The lowest BCUT2D eigenvalue weighted by molar-refractivity contribution is -0.136. The van der Waals surface area contributed by atoms with Crippen molar-refractivity contribution in [1.29, 1.82) is 0 Å². The average Bonchev–Trinajstić information content (AvgIpc) is 2.46. The minimum atomic E-state index is -0.111. The number of carbonyl (C=O) groups excluding carboxylic acids is 1. The van der Waals surface area contributed by atoms with Gasteiger partial charge in [0.15, 0.2) is 0 Å². The normalized spacial score (nSPS) is 31.4. The van der Waals surface area contributed by atoms with Crippen molar-refractivity contribution in [3.63, 3.8) is 0 Å². The van der Waals surface area contributed by atoms with E-state index in [9.17, 15) is 4.79 Å². The van der Waals surface area contributed by atoms with Crippen LogP contribution in [0.15, 0.2) is 0 Å². The maximum Gasteiger partial charge on any atom is 0.225 e. The molecule has 4 heteroatoms. The van der Waals surface area contributed by atoms with Gasteiger partial charge in [-0.1, -0.05) is 25.7 Å². The molecule has 116 valence electrons. The van der Waals surface area contributed by atoms with Crippen LogP contribution in [0.25, 0.3) is 0 Å². The SMILES string of the molecule is COCC(Cl)CN(C)C(=O)C1CCC2CCCCC2C1. The third-order valence-corrected chi connectivity index (χ3v) is 5.35. The Morgan fingerprint density at radius 1 is 1.25 bits per heavy atom. The molecule has 3 nitrogen and oxygen atoms in total. The van der Waals surface area contributed by atoms with Gasteiger partial charge in [-0.15, -0.1) is 11.6 Å². The summed E-state index contributed by atoms with van der Waals surface area (Å²) < 4.78 is 5.03. The van der Waals surface area contributed by atoms with Crippen LogP contribution in [-0.4, -0.2) is 43.5 Å². The molecule has 0 aromatic heterocycles. The van der Waals surface area contributed by atoms with Crippen LogP contribution in [0.4, 0.5) is 0 Å². The van der Waals surface area contributed by atoms with E-state index in [1.165, 1.54) is 32.1 Å². The van der Waals surface area contributed by atoms with Gasteiger partial charge in [-0.25, -0.2) is 0 Å². The summed E-state index contributed by atoms with van der Waals surface area (Å²) in [6.45, 7) is 1.08. The van der Waals surface area contributed by atoms with E-state index < -0.39 is 0 Å². The van der Waals surface area contributed by atoms with Gasteiger partial charge in [-0.3, -0.25) is 4.79 Å². The van der Waals surface area contributed by atoms with Crippen LogP contribution in [0.2, 0.25) is 0 Å². The molecule has 20 heavy (non-hydrogen) atoms. The van der Waals surface area contributed by atoms with Crippen molar-refractivity contribution in [1.82, 2.24) is 4.90 Å². The van der Waals surface area contributed by atoms with Crippen molar-refractivity contribution in [3.8, 4) is 0 Å². The predicted molar refractivity (Wildman–Crippen MR) is 81.9 cm³/mol. The quantitative estimate of drug-likeness (QED) is 0.729. The number of alkyl halides is 1. The molecule has 0 bridgehead atoms. The average molecular weight is 302 g/mol. The fourth-order valence-corrected chi connectivity index (χ4v) is 4.36. The highest BCUT2D eigenvalue weighted by Gasteiger charge is 2.36. The molecular formula is C16H28ClNO2. The van der Waals surface area contributed by atoms with Crippen molar-refractivity contribution < 1.29 is 9.53 Å². The third-order valence-electron chi connectivity index (χ3n) is 5.08. The summed E-state index contributed by atoms with van der Waals surface area (Å²) in [4.78, 5) is 14.3. The van der Waals surface area contributed by atoms with E-state index in [0.29, 0.717) is 13.2 Å². The molecule has 0 spiro atoms. The van der Waals surface area contributed by atoms with E-state index in [2.05, 4.69) is 0 Å². The van der Waals surface area contributed by atoms with Crippen LogP contribution in [0.3, 0.4) is 0 Å². The van der Waals surface area contributed by atoms with Gasteiger partial charge in [-0.05, 0) is 31.1 Å². The van der Waals surface area contributed by atoms with Crippen LogP contribution in [0, 0.1) is 17.8 Å². The van der Waals surface area contributed by atoms with Crippen LogP contribution >= 0.6 is 11.6 Å². The number of ether oxygens (including phenoxy) is 1. The summed E-state index contributed by atoms with van der Waals surface area (Å²) in [5.74, 6) is 2.21. The second kappa shape index (κ2) is 7.65. The number of fused-ring (bicyclic) bond motifs is 1. The second-order valence-corrected chi connectivity index (χ2v) is 7.20. The van der Waals surface area contributed by atoms with Gasteiger partial charge in [0, 0.05) is 26.6 Å². The lowest BCUT2D eigenvalue weighted by Gasteiger charge is -2.39. The second-order valence-electron chi connectivity index (χ2n) is 6.59. The van der Waals surface area contributed by atoms with Crippen molar-refractivity contribution in [2.24, 2.45) is 17.8 Å². The maximum atomic E-state index is 12.5. The Kier molecular flexibility index (Phi) is 6.16. The molecule has 0 aromatic carbocycles. The number of hydrogen-bond donors (Lipinski definition) is 0. The molecule has 1 amide bonds. The molecule has 2 aliphatic carbocycles. The molecule has 0 aliphatic heterocycles. The van der Waals surface area contributed by atoms with Gasteiger partial charge < -0.3 is 9.64 Å². The molecule has 4 atom stereocenters. The molecule has 0 heterocycles. The number of hydrogen-bond acceptors (Lipinski definition) is 2. The summed E-state index contributed by atoms with van der Waals surface area (Å²) in [7, 11) is 3.52. The van der Waals surface area contributed by atoms with E-state index in [4.69, 9.17) is 16.3 Å². The van der Waals surface area contributed by atoms with Gasteiger partial charge in [0.05, 0.1) is 12.0 Å². The van der Waals surface area contributed by atoms with E-state index in [0.717, 1.165) is 24.7 Å². The first-order valence-corrected chi connectivity index (χ1v) is 8.43. The number of rotatable bonds is 5. The topological polar surface area (TPSA) is 29.5 Å². The Morgan fingerprint density at radius 2 is 1.95 bits per heavy atom. The van der Waals surface area contributed by atoms with Crippen LogP contribution in [0.1, 0.15) is 44.9 Å². The summed E-state index contributed by atoms with van der Waals surface area (Å²) in [5, 5.41) is -0.111. The summed E-state index contributed by atoms with van der Waals surface area (Å²) in [5.41, 5.74) is 0. The zero-order valence-electron chi connectivity index (χ0n) is 12.8. The summed E-state index contributed by atoms with van der Waals surface area (Å²) in [6, 6.07) is 0. The van der Waals surface area contributed by atoms with Crippen molar-refractivity contribution in [3.05, 3.63) is 0 Å². The van der Waals surface area contributed by atoms with Crippen LogP contribution < -0.4 is 0 Å². The fraction of sp³-hybridized carbons (Fsp3) is 0.938. The lowest BCUT2D eigenvalue weighted by atomic mass is 9.67. The molecule has 2 aliphatic rings. The zero-order chi connectivity index (χ0) is 14.5. The fourth-order valence-electron chi connectivity index (χ4n) is 4.03. The van der Waals surface area contributed by atoms with Gasteiger partial charge >= 0.3 is 0 Å². The standard InChI is InChI=1S/C16H28ClNO2/c1-18(10-15(17)11-20-2)16(19)14-8-7-12-5-3-4-6-13(12)9-14/h12-15H,3-11H2,1-2H3. The van der Waals surface area contributed by atoms with Crippen molar-refractivity contribution >= 4 is 17.5 Å². The molecule has 2 saturated carbocycles. The summed E-state index contributed by atoms with van der Waals surface area (Å²) in [6.07, 6.45) is 8.89. The first kappa shape index (κ1) is 16.1. The number of carbonyl (C=O) groups is 1. The van der Waals surface area contributed by atoms with Gasteiger partial charge in [-0.2, -0.15) is 0 Å². The molecule has 2 fully saturated rings.